The second-order valence-electron chi connectivity index (χ2n) is 7.79. The fourth-order valence-electron chi connectivity index (χ4n) is 3.57. The van der Waals surface area contributed by atoms with Gasteiger partial charge in [-0.05, 0) is 73.9 Å². The Balaban J connectivity index is 2.03. The Bertz CT molecular complexity index is 1250. The predicted octanol–water partition coefficient (Wildman–Crippen LogP) is 4.46. The van der Waals surface area contributed by atoms with E-state index in [1.54, 1.807) is 18.2 Å². The minimum absolute atomic E-state index is 0.0114. The number of carbonyl (C=O) groups excluding carboxylic acids is 1. The van der Waals surface area contributed by atoms with Gasteiger partial charge < -0.3 is 14.8 Å². The number of amides is 1. The van der Waals surface area contributed by atoms with Crippen molar-refractivity contribution >= 4 is 27.3 Å². The van der Waals surface area contributed by atoms with Crippen LogP contribution in [0.3, 0.4) is 0 Å². The molecule has 7 nitrogen and oxygen atoms in total. The lowest BCUT2D eigenvalue weighted by atomic mass is 10.1. The molecule has 0 fully saturated rings. The van der Waals surface area contributed by atoms with Crippen molar-refractivity contribution in [3.05, 3.63) is 77.4 Å². The fourth-order valence-corrected chi connectivity index (χ4v) is 4.99. The number of hydrogen-bond donors (Lipinski definition) is 1. The van der Waals surface area contributed by atoms with Gasteiger partial charge in [0.05, 0.1) is 24.8 Å². The van der Waals surface area contributed by atoms with E-state index in [4.69, 9.17) is 9.47 Å². The monoisotopic (exact) mass is 468 g/mol. The summed E-state index contributed by atoms with van der Waals surface area (Å²) in [7, 11) is -1.19. The zero-order valence-electron chi connectivity index (χ0n) is 19.4. The van der Waals surface area contributed by atoms with Crippen molar-refractivity contribution in [2.24, 2.45) is 0 Å². The van der Waals surface area contributed by atoms with Crippen molar-refractivity contribution in [1.29, 1.82) is 0 Å². The number of benzene rings is 3. The van der Waals surface area contributed by atoms with Gasteiger partial charge in [-0.25, -0.2) is 8.42 Å². The molecule has 0 unspecified atom stereocenters. The maximum atomic E-state index is 13.7. The Hall–Kier alpha value is -3.52. The number of nitrogens with zero attached hydrogens (tertiary/aromatic N) is 1. The molecule has 174 valence electrons. The molecule has 0 aromatic heterocycles. The molecule has 0 saturated heterocycles. The average Bonchev–Trinajstić information content (AvgIpc) is 2.76. The molecule has 0 bridgehead atoms. The van der Waals surface area contributed by atoms with Crippen LogP contribution in [0.5, 0.6) is 11.5 Å². The summed E-state index contributed by atoms with van der Waals surface area (Å²) in [5.74, 6) is 0.235. The van der Waals surface area contributed by atoms with E-state index < -0.39 is 22.5 Å². The third-order valence-electron chi connectivity index (χ3n) is 5.03. The van der Waals surface area contributed by atoms with Crippen molar-refractivity contribution in [2.75, 3.05) is 30.4 Å². The summed E-state index contributed by atoms with van der Waals surface area (Å²) in [5, 5.41) is 2.79. The second-order valence-corrected chi connectivity index (χ2v) is 9.65. The lowest BCUT2D eigenvalue weighted by molar-refractivity contribution is -0.114. The first-order chi connectivity index (χ1) is 15.6. The van der Waals surface area contributed by atoms with Crippen molar-refractivity contribution in [1.82, 2.24) is 0 Å². The number of ether oxygens (including phenoxy) is 2. The van der Waals surface area contributed by atoms with E-state index in [0.717, 1.165) is 21.0 Å². The molecule has 0 saturated carbocycles. The van der Waals surface area contributed by atoms with E-state index in [-0.39, 0.29) is 10.6 Å². The highest BCUT2D eigenvalue weighted by molar-refractivity contribution is 7.92. The quantitative estimate of drug-likeness (QED) is 0.528. The number of sulfonamides is 1. The number of carbonyl (C=O) groups is 1. The first-order valence-corrected chi connectivity index (χ1v) is 11.8. The van der Waals surface area contributed by atoms with Gasteiger partial charge in [0.25, 0.3) is 10.0 Å². The van der Waals surface area contributed by atoms with Gasteiger partial charge in [0.2, 0.25) is 5.91 Å². The molecular formula is C25H28N2O5S. The molecule has 3 aromatic rings. The molecule has 0 spiro atoms. The number of rotatable bonds is 8. The van der Waals surface area contributed by atoms with Gasteiger partial charge in [-0.3, -0.25) is 9.10 Å². The van der Waals surface area contributed by atoms with E-state index in [0.29, 0.717) is 17.1 Å². The van der Waals surface area contributed by atoms with E-state index >= 15 is 0 Å². The summed E-state index contributed by atoms with van der Waals surface area (Å²) in [6.45, 7) is 5.28. The molecular weight excluding hydrogens is 440 g/mol. The number of nitrogens with one attached hydrogen (secondary N) is 1. The van der Waals surface area contributed by atoms with E-state index in [1.165, 1.54) is 32.4 Å². The number of methoxy groups -OCH3 is 2. The molecule has 0 heterocycles. The van der Waals surface area contributed by atoms with Crippen LogP contribution in [0.25, 0.3) is 0 Å². The molecule has 1 amide bonds. The maximum Gasteiger partial charge on any atom is 0.264 e. The van der Waals surface area contributed by atoms with Gasteiger partial charge >= 0.3 is 0 Å². The van der Waals surface area contributed by atoms with Gasteiger partial charge in [0.15, 0.2) is 11.5 Å². The molecule has 0 atom stereocenters. The van der Waals surface area contributed by atoms with Crippen molar-refractivity contribution in [2.45, 2.75) is 25.7 Å². The van der Waals surface area contributed by atoms with Crippen LogP contribution in [-0.2, 0) is 14.8 Å². The average molecular weight is 469 g/mol. The minimum atomic E-state index is -4.10. The normalized spacial score (nSPS) is 11.1. The summed E-state index contributed by atoms with van der Waals surface area (Å²) >= 11 is 0. The molecule has 8 heteroatoms. The van der Waals surface area contributed by atoms with E-state index in [9.17, 15) is 13.2 Å². The molecule has 0 aliphatic heterocycles. The van der Waals surface area contributed by atoms with Crippen LogP contribution in [0, 0.1) is 20.8 Å². The van der Waals surface area contributed by atoms with Crippen molar-refractivity contribution in [3.8, 4) is 11.5 Å². The Labute approximate surface area is 195 Å². The third-order valence-corrected chi connectivity index (χ3v) is 6.80. The van der Waals surface area contributed by atoms with Crippen LogP contribution in [0.2, 0.25) is 0 Å². The highest BCUT2D eigenvalue weighted by Gasteiger charge is 2.28. The van der Waals surface area contributed by atoms with Crippen molar-refractivity contribution < 1.29 is 22.7 Å². The van der Waals surface area contributed by atoms with Gasteiger partial charge in [0.1, 0.15) is 6.54 Å². The SMILES string of the molecule is COc1ccc(S(=O)(=O)N(CC(=O)Nc2cccc(C)c2)c2cc(C)cc(C)c2)cc1OC. The van der Waals surface area contributed by atoms with Crippen LogP contribution in [0.4, 0.5) is 11.4 Å². The Morgan fingerprint density at radius 2 is 1.52 bits per heavy atom. The van der Waals surface area contributed by atoms with Crippen LogP contribution in [0.1, 0.15) is 16.7 Å². The van der Waals surface area contributed by atoms with Crippen LogP contribution in [-0.4, -0.2) is 35.1 Å². The molecule has 3 aromatic carbocycles. The number of hydrogen-bond acceptors (Lipinski definition) is 5. The molecule has 3 rings (SSSR count). The first-order valence-electron chi connectivity index (χ1n) is 10.3. The molecule has 0 aliphatic carbocycles. The van der Waals surface area contributed by atoms with Gasteiger partial charge in [0, 0.05) is 11.8 Å². The standard InChI is InChI=1S/C25H28N2O5S/c1-17-7-6-8-20(12-17)26-25(28)16-27(21-13-18(2)11-19(3)14-21)33(29,30)22-9-10-23(31-4)24(15-22)32-5/h6-15H,16H2,1-5H3,(H,26,28). The minimum Gasteiger partial charge on any atom is -0.493 e. The molecule has 1 N–H and O–H groups in total. The van der Waals surface area contributed by atoms with Crippen LogP contribution < -0.4 is 19.1 Å². The van der Waals surface area contributed by atoms with Crippen LogP contribution >= 0.6 is 0 Å². The molecule has 0 aliphatic rings. The van der Waals surface area contributed by atoms with Gasteiger partial charge in [-0.15, -0.1) is 0 Å². The van der Waals surface area contributed by atoms with E-state index in [2.05, 4.69) is 5.32 Å². The summed E-state index contributed by atoms with van der Waals surface area (Å²) in [6, 6.07) is 17.1. The summed E-state index contributed by atoms with van der Waals surface area (Å²) < 4.78 is 39.0. The Kier molecular flexibility index (Phi) is 7.28. The maximum absolute atomic E-state index is 13.7. The molecule has 0 radical (unpaired) electrons. The predicted molar refractivity (Wildman–Crippen MR) is 130 cm³/mol. The summed E-state index contributed by atoms with van der Waals surface area (Å²) in [4.78, 5) is 12.9. The lowest BCUT2D eigenvalue weighted by Crippen LogP contribution is -2.38. The van der Waals surface area contributed by atoms with Gasteiger partial charge in [-0.2, -0.15) is 0 Å². The zero-order valence-corrected chi connectivity index (χ0v) is 20.2. The number of anilines is 2. The second kappa shape index (κ2) is 9.95. The fraction of sp³-hybridized carbons (Fsp3) is 0.240. The molecule has 33 heavy (non-hydrogen) atoms. The summed E-state index contributed by atoms with van der Waals surface area (Å²) in [5.41, 5.74) is 3.76. The summed E-state index contributed by atoms with van der Waals surface area (Å²) in [6.07, 6.45) is 0. The topological polar surface area (TPSA) is 84.9 Å². The van der Waals surface area contributed by atoms with Crippen LogP contribution in [0.15, 0.2) is 65.6 Å². The van der Waals surface area contributed by atoms with E-state index in [1.807, 2.05) is 45.0 Å². The van der Waals surface area contributed by atoms with Gasteiger partial charge in [-0.1, -0.05) is 18.2 Å². The highest BCUT2D eigenvalue weighted by Crippen LogP contribution is 2.32. The first kappa shape index (κ1) is 24.1. The zero-order chi connectivity index (χ0) is 24.2. The Morgan fingerprint density at radius 3 is 2.12 bits per heavy atom. The lowest BCUT2D eigenvalue weighted by Gasteiger charge is -2.25. The Morgan fingerprint density at radius 1 is 0.848 bits per heavy atom. The third kappa shape index (κ3) is 5.64. The van der Waals surface area contributed by atoms with Crippen molar-refractivity contribution in [3.63, 3.8) is 0 Å². The largest absolute Gasteiger partial charge is 0.493 e. The number of aryl methyl sites for hydroxylation is 3. The highest BCUT2D eigenvalue weighted by atomic mass is 32.2. The smallest absolute Gasteiger partial charge is 0.264 e.